The molecule has 130 valence electrons. The van der Waals surface area contributed by atoms with Crippen LogP contribution in [-0.2, 0) is 22.3 Å². The predicted octanol–water partition coefficient (Wildman–Crippen LogP) is 1.45. The van der Waals surface area contributed by atoms with Gasteiger partial charge in [0.1, 0.15) is 11.5 Å². The van der Waals surface area contributed by atoms with Gasteiger partial charge in [-0.2, -0.15) is 13.2 Å². The van der Waals surface area contributed by atoms with Crippen molar-refractivity contribution in [1.82, 2.24) is 20.2 Å². The standard InChI is InChI=1S/C15H17F3N4O2/c1-3-4-22-8-10(6-13(22)23)14(24)19-7-12-20-9(2)5-11(21-12)15(16,17)18/h3,5,10H,1,4,6-8H2,2H3,(H,19,24). The number of aromatic nitrogens is 2. The zero-order valence-electron chi connectivity index (χ0n) is 13.1. The first kappa shape index (κ1) is 17.9. The maximum Gasteiger partial charge on any atom is 0.433 e. The van der Waals surface area contributed by atoms with Crippen LogP contribution in [0.2, 0.25) is 0 Å². The van der Waals surface area contributed by atoms with Gasteiger partial charge in [-0.3, -0.25) is 9.59 Å². The Morgan fingerprint density at radius 2 is 2.21 bits per heavy atom. The van der Waals surface area contributed by atoms with E-state index in [-0.39, 0.29) is 36.9 Å². The number of nitrogens with one attached hydrogen (secondary N) is 1. The molecule has 1 aromatic rings. The van der Waals surface area contributed by atoms with E-state index in [0.29, 0.717) is 6.54 Å². The van der Waals surface area contributed by atoms with Gasteiger partial charge in [0.2, 0.25) is 11.8 Å². The van der Waals surface area contributed by atoms with Crippen LogP contribution in [0.1, 0.15) is 23.6 Å². The Kier molecular flexibility index (Phi) is 5.20. The Labute approximate surface area is 136 Å². The van der Waals surface area contributed by atoms with Gasteiger partial charge in [0.15, 0.2) is 0 Å². The zero-order valence-corrected chi connectivity index (χ0v) is 13.1. The molecule has 0 spiro atoms. The predicted molar refractivity (Wildman–Crippen MR) is 78.5 cm³/mol. The molecule has 0 bridgehead atoms. The number of carbonyl (C=O) groups is 2. The fraction of sp³-hybridized carbons (Fsp3) is 0.467. The molecule has 0 aromatic carbocycles. The second kappa shape index (κ2) is 6.98. The van der Waals surface area contributed by atoms with E-state index in [1.54, 1.807) is 6.08 Å². The van der Waals surface area contributed by atoms with Gasteiger partial charge in [0.05, 0.1) is 12.5 Å². The average Bonchev–Trinajstić information content (AvgIpc) is 2.85. The summed E-state index contributed by atoms with van der Waals surface area (Å²) in [6, 6.07) is 0.841. The normalized spacial score (nSPS) is 17.9. The van der Waals surface area contributed by atoms with Crippen LogP contribution in [0, 0.1) is 12.8 Å². The van der Waals surface area contributed by atoms with Gasteiger partial charge in [0, 0.05) is 25.2 Å². The Morgan fingerprint density at radius 3 is 2.83 bits per heavy atom. The Bertz CT molecular complexity index is 661. The minimum atomic E-state index is -4.57. The summed E-state index contributed by atoms with van der Waals surface area (Å²) in [6.07, 6.45) is -2.94. The van der Waals surface area contributed by atoms with Crippen molar-refractivity contribution >= 4 is 11.8 Å². The number of rotatable bonds is 5. The van der Waals surface area contributed by atoms with Crippen LogP contribution in [0.4, 0.5) is 13.2 Å². The molecule has 0 saturated carbocycles. The summed E-state index contributed by atoms with van der Waals surface area (Å²) in [5, 5.41) is 2.49. The summed E-state index contributed by atoms with van der Waals surface area (Å²) in [4.78, 5) is 32.6. The number of hydrogen-bond donors (Lipinski definition) is 1. The average molecular weight is 342 g/mol. The smallest absolute Gasteiger partial charge is 0.348 e. The van der Waals surface area contributed by atoms with E-state index < -0.39 is 23.7 Å². The van der Waals surface area contributed by atoms with Gasteiger partial charge in [-0.05, 0) is 13.0 Å². The Hall–Kier alpha value is -2.45. The summed E-state index contributed by atoms with van der Waals surface area (Å²) >= 11 is 0. The van der Waals surface area contributed by atoms with Crippen LogP contribution in [0.15, 0.2) is 18.7 Å². The molecule has 1 aliphatic heterocycles. The molecule has 9 heteroatoms. The molecule has 1 aromatic heterocycles. The molecule has 2 amide bonds. The number of nitrogens with zero attached hydrogens (tertiary/aromatic N) is 3. The quantitative estimate of drug-likeness (QED) is 0.822. The van der Waals surface area contributed by atoms with Crippen molar-refractivity contribution in [1.29, 1.82) is 0 Å². The SMILES string of the molecule is C=CCN1CC(C(=O)NCc2nc(C)cc(C(F)(F)F)n2)CC1=O. The number of hydrogen-bond acceptors (Lipinski definition) is 4. The van der Waals surface area contributed by atoms with Crippen LogP contribution in [0.3, 0.4) is 0 Å². The summed E-state index contributed by atoms with van der Waals surface area (Å²) < 4.78 is 38.2. The van der Waals surface area contributed by atoms with Gasteiger partial charge in [-0.1, -0.05) is 6.08 Å². The highest BCUT2D eigenvalue weighted by molar-refractivity contribution is 5.89. The van der Waals surface area contributed by atoms with Crippen molar-refractivity contribution in [2.24, 2.45) is 5.92 Å². The van der Waals surface area contributed by atoms with Crippen LogP contribution in [0.25, 0.3) is 0 Å². The van der Waals surface area contributed by atoms with E-state index in [1.807, 2.05) is 0 Å². The lowest BCUT2D eigenvalue weighted by Crippen LogP contribution is -2.33. The largest absolute Gasteiger partial charge is 0.433 e. The maximum atomic E-state index is 12.7. The van der Waals surface area contributed by atoms with Crippen molar-refractivity contribution in [3.05, 3.63) is 35.9 Å². The number of aryl methyl sites for hydroxylation is 1. The third kappa shape index (κ3) is 4.30. The van der Waals surface area contributed by atoms with Crippen molar-refractivity contribution in [2.45, 2.75) is 26.1 Å². The molecule has 2 rings (SSSR count). The van der Waals surface area contributed by atoms with Crippen LogP contribution in [-0.4, -0.2) is 39.8 Å². The fourth-order valence-corrected chi connectivity index (χ4v) is 2.44. The van der Waals surface area contributed by atoms with Gasteiger partial charge in [-0.15, -0.1) is 6.58 Å². The van der Waals surface area contributed by atoms with Crippen molar-refractivity contribution < 1.29 is 22.8 Å². The molecule has 1 saturated heterocycles. The number of carbonyl (C=O) groups excluding carboxylic acids is 2. The fourth-order valence-electron chi connectivity index (χ4n) is 2.44. The van der Waals surface area contributed by atoms with Crippen LogP contribution in [0.5, 0.6) is 0 Å². The monoisotopic (exact) mass is 342 g/mol. The summed E-state index contributed by atoms with van der Waals surface area (Å²) in [7, 11) is 0. The lowest BCUT2D eigenvalue weighted by atomic mass is 10.1. The van der Waals surface area contributed by atoms with Crippen molar-refractivity contribution in [3.8, 4) is 0 Å². The van der Waals surface area contributed by atoms with Gasteiger partial charge < -0.3 is 10.2 Å². The Balaban J connectivity index is 1.99. The van der Waals surface area contributed by atoms with E-state index >= 15 is 0 Å². The molecular formula is C15H17F3N4O2. The molecule has 0 radical (unpaired) electrons. The van der Waals surface area contributed by atoms with Gasteiger partial charge >= 0.3 is 6.18 Å². The van der Waals surface area contributed by atoms with Crippen molar-refractivity contribution in [2.75, 3.05) is 13.1 Å². The summed E-state index contributed by atoms with van der Waals surface area (Å²) in [5.74, 6) is -1.22. The third-order valence-corrected chi connectivity index (χ3v) is 3.55. The number of alkyl halides is 3. The lowest BCUT2D eigenvalue weighted by molar-refractivity contribution is -0.141. The van der Waals surface area contributed by atoms with Crippen LogP contribution < -0.4 is 5.32 Å². The molecule has 1 N–H and O–H groups in total. The molecule has 1 fully saturated rings. The Morgan fingerprint density at radius 1 is 1.50 bits per heavy atom. The first-order valence-corrected chi connectivity index (χ1v) is 7.29. The first-order chi connectivity index (χ1) is 11.2. The van der Waals surface area contributed by atoms with E-state index in [4.69, 9.17) is 0 Å². The van der Waals surface area contributed by atoms with Crippen LogP contribution >= 0.6 is 0 Å². The molecule has 0 aliphatic carbocycles. The summed E-state index contributed by atoms with van der Waals surface area (Å²) in [6.45, 7) is 5.36. The highest BCUT2D eigenvalue weighted by Gasteiger charge is 2.35. The molecule has 1 aliphatic rings. The van der Waals surface area contributed by atoms with E-state index in [9.17, 15) is 22.8 Å². The third-order valence-electron chi connectivity index (χ3n) is 3.55. The second-order valence-corrected chi connectivity index (χ2v) is 5.51. The summed E-state index contributed by atoms with van der Waals surface area (Å²) in [5.41, 5.74) is -0.887. The molecular weight excluding hydrogens is 325 g/mol. The lowest BCUT2D eigenvalue weighted by Gasteiger charge is -2.14. The topological polar surface area (TPSA) is 75.2 Å². The zero-order chi connectivity index (χ0) is 17.9. The maximum absolute atomic E-state index is 12.7. The number of likely N-dealkylation sites (tertiary alicyclic amines) is 1. The van der Waals surface area contributed by atoms with Crippen molar-refractivity contribution in [3.63, 3.8) is 0 Å². The van der Waals surface area contributed by atoms with Gasteiger partial charge in [0.25, 0.3) is 0 Å². The minimum absolute atomic E-state index is 0.0716. The molecule has 24 heavy (non-hydrogen) atoms. The highest BCUT2D eigenvalue weighted by Crippen LogP contribution is 2.27. The van der Waals surface area contributed by atoms with E-state index in [0.717, 1.165) is 6.07 Å². The molecule has 1 unspecified atom stereocenters. The second-order valence-electron chi connectivity index (χ2n) is 5.51. The van der Waals surface area contributed by atoms with E-state index in [1.165, 1.54) is 11.8 Å². The number of halogens is 3. The first-order valence-electron chi connectivity index (χ1n) is 7.29. The molecule has 6 nitrogen and oxygen atoms in total. The van der Waals surface area contributed by atoms with E-state index in [2.05, 4.69) is 21.9 Å². The molecule has 1 atom stereocenters. The number of amides is 2. The highest BCUT2D eigenvalue weighted by atomic mass is 19.4. The van der Waals surface area contributed by atoms with Gasteiger partial charge in [-0.25, -0.2) is 9.97 Å². The molecule has 2 heterocycles. The minimum Gasteiger partial charge on any atom is -0.348 e.